The van der Waals surface area contributed by atoms with Crippen molar-refractivity contribution in [3.05, 3.63) is 63.4 Å². The van der Waals surface area contributed by atoms with Crippen molar-refractivity contribution in [1.82, 2.24) is 10.6 Å². The Balaban J connectivity index is 1.89. The van der Waals surface area contributed by atoms with Crippen LogP contribution in [-0.4, -0.2) is 52.9 Å². The predicted molar refractivity (Wildman–Crippen MR) is 146 cm³/mol. The highest BCUT2D eigenvalue weighted by Gasteiger charge is 2.65. The Hall–Kier alpha value is -2.23. The molecule has 2 aliphatic heterocycles. The van der Waals surface area contributed by atoms with E-state index in [1.807, 2.05) is 20.8 Å². The first-order chi connectivity index (χ1) is 17.8. The first-order valence-electron chi connectivity index (χ1n) is 12.8. The van der Waals surface area contributed by atoms with Gasteiger partial charge in [-0.1, -0.05) is 63.0 Å². The molecule has 0 saturated carbocycles. The first kappa shape index (κ1) is 28.8. The molecule has 2 amide bonds. The number of carbonyl (C=O) groups is 2. The topological polar surface area (TPSA) is 111 Å². The number of hydrogen-bond acceptors (Lipinski definition) is 5. The van der Waals surface area contributed by atoms with Gasteiger partial charge in [0.15, 0.2) is 0 Å². The number of benzene rings is 2. The maximum absolute atomic E-state index is 14.9. The summed E-state index contributed by atoms with van der Waals surface area (Å²) in [4.78, 5) is 27.7. The summed E-state index contributed by atoms with van der Waals surface area (Å²) in [7, 11) is 0. The standard InChI is InChI=1S/C28H34Cl2FN3O4/c1-5-20(35)21(36)13-32-25(37)24-23(14-7-6-8-15(29)9-14)28(22(34-24)12-27(2,3)4)16-10-18(31)17(30)11-19(16)33-26(28)38/h6-11,20-24,34-36H,5,12-13H2,1-4H3,(H,32,37)(H,33,38)/t20-,21+,22-,23+,24-,28+/m1/s1. The van der Waals surface area contributed by atoms with Crippen LogP contribution in [0, 0.1) is 11.2 Å². The van der Waals surface area contributed by atoms with Gasteiger partial charge >= 0.3 is 0 Å². The number of aliphatic hydroxyl groups excluding tert-OH is 2. The van der Waals surface area contributed by atoms with Crippen molar-refractivity contribution >= 4 is 40.7 Å². The molecular formula is C28H34Cl2FN3O4. The van der Waals surface area contributed by atoms with Crippen LogP contribution < -0.4 is 16.0 Å². The highest BCUT2D eigenvalue weighted by molar-refractivity contribution is 6.31. The van der Waals surface area contributed by atoms with Gasteiger partial charge in [-0.3, -0.25) is 9.59 Å². The van der Waals surface area contributed by atoms with Crippen LogP contribution in [0.2, 0.25) is 10.0 Å². The van der Waals surface area contributed by atoms with Gasteiger partial charge < -0.3 is 26.2 Å². The van der Waals surface area contributed by atoms with Gasteiger partial charge in [-0.05, 0) is 53.6 Å². The molecule has 206 valence electrons. The number of fused-ring (bicyclic) bond motifs is 2. The van der Waals surface area contributed by atoms with Crippen LogP contribution in [-0.2, 0) is 15.0 Å². The highest BCUT2D eigenvalue weighted by Crippen LogP contribution is 2.57. The van der Waals surface area contributed by atoms with Crippen molar-refractivity contribution in [2.45, 2.75) is 76.2 Å². The molecule has 0 unspecified atom stereocenters. The van der Waals surface area contributed by atoms with E-state index in [4.69, 9.17) is 23.2 Å². The van der Waals surface area contributed by atoms with Crippen LogP contribution in [0.25, 0.3) is 0 Å². The lowest BCUT2D eigenvalue weighted by atomic mass is 9.62. The molecule has 2 aromatic rings. The Morgan fingerprint density at radius 2 is 1.89 bits per heavy atom. The van der Waals surface area contributed by atoms with Crippen molar-refractivity contribution in [1.29, 1.82) is 0 Å². The molecule has 1 saturated heterocycles. The average molecular weight is 567 g/mol. The molecule has 0 bridgehead atoms. The molecule has 2 aliphatic rings. The summed E-state index contributed by atoms with van der Waals surface area (Å²) < 4.78 is 14.9. The number of anilines is 1. The van der Waals surface area contributed by atoms with Crippen LogP contribution in [0.3, 0.4) is 0 Å². The summed E-state index contributed by atoms with van der Waals surface area (Å²) in [6.45, 7) is 7.65. The number of halogens is 3. The molecule has 0 aliphatic carbocycles. The van der Waals surface area contributed by atoms with E-state index in [-0.39, 0.29) is 22.9 Å². The molecular weight excluding hydrogens is 532 g/mol. The Morgan fingerprint density at radius 3 is 2.53 bits per heavy atom. The van der Waals surface area contributed by atoms with Crippen molar-refractivity contribution in [3.63, 3.8) is 0 Å². The van der Waals surface area contributed by atoms with Gasteiger partial charge in [0.05, 0.1) is 23.3 Å². The van der Waals surface area contributed by atoms with Crippen LogP contribution in [0.15, 0.2) is 36.4 Å². The summed E-state index contributed by atoms with van der Waals surface area (Å²) >= 11 is 12.4. The summed E-state index contributed by atoms with van der Waals surface area (Å²) in [5.41, 5.74) is -0.161. The fourth-order valence-corrected chi connectivity index (χ4v) is 6.22. The highest BCUT2D eigenvalue weighted by atomic mass is 35.5. The van der Waals surface area contributed by atoms with Crippen LogP contribution in [0.1, 0.15) is 57.6 Å². The van der Waals surface area contributed by atoms with E-state index in [9.17, 15) is 24.2 Å². The quantitative estimate of drug-likeness (QED) is 0.346. The second kappa shape index (κ2) is 10.7. The Morgan fingerprint density at radius 1 is 1.18 bits per heavy atom. The van der Waals surface area contributed by atoms with Crippen LogP contribution >= 0.6 is 23.2 Å². The van der Waals surface area contributed by atoms with Gasteiger partial charge in [0.1, 0.15) is 11.2 Å². The molecule has 0 aromatic heterocycles. The third kappa shape index (κ3) is 5.17. The molecule has 2 aromatic carbocycles. The van der Waals surface area contributed by atoms with E-state index in [0.717, 1.165) is 0 Å². The Bertz CT molecular complexity index is 1240. The molecule has 7 nitrogen and oxygen atoms in total. The number of rotatable bonds is 7. The summed E-state index contributed by atoms with van der Waals surface area (Å²) in [6, 6.07) is 8.15. The largest absolute Gasteiger partial charge is 0.390 e. The fraction of sp³-hybridized carbons (Fsp3) is 0.500. The lowest BCUT2D eigenvalue weighted by molar-refractivity contribution is -0.124. The molecule has 2 heterocycles. The van der Waals surface area contributed by atoms with E-state index in [2.05, 4.69) is 16.0 Å². The minimum absolute atomic E-state index is 0.114. The van der Waals surface area contributed by atoms with Gasteiger partial charge in [-0.25, -0.2) is 4.39 Å². The second-order valence-corrected chi connectivity index (χ2v) is 12.3. The lowest BCUT2D eigenvalue weighted by Gasteiger charge is -2.37. The first-order valence-corrected chi connectivity index (χ1v) is 13.5. The second-order valence-electron chi connectivity index (χ2n) is 11.4. The molecule has 10 heteroatoms. The molecule has 1 fully saturated rings. The van der Waals surface area contributed by atoms with Gasteiger partial charge in [-0.2, -0.15) is 0 Å². The minimum atomic E-state index is -1.36. The number of aliphatic hydroxyl groups is 2. The molecule has 4 rings (SSSR count). The van der Waals surface area contributed by atoms with E-state index in [1.165, 1.54) is 12.1 Å². The molecule has 1 spiro atoms. The van der Waals surface area contributed by atoms with Gasteiger partial charge in [0.25, 0.3) is 0 Å². The lowest BCUT2D eigenvalue weighted by Crippen LogP contribution is -2.49. The van der Waals surface area contributed by atoms with E-state index < -0.39 is 47.3 Å². The van der Waals surface area contributed by atoms with Gasteiger partial charge in [0.2, 0.25) is 11.8 Å². The Kier molecular flexibility index (Phi) is 8.13. The monoisotopic (exact) mass is 565 g/mol. The molecule has 0 radical (unpaired) electrons. The van der Waals surface area contributed by atoms with Crippen molar-refractivity contribution in [2.24, 2.45) is 5.41 Å². The zero-order chi connectivity index (χ0) is 28.0. The van der Waals surface area contributed by atoms with Crippen molar-refractivity contribution in [3.8, 4) is 0 Å². The normalized spacial score (nSPS) is 26.2. The predicted octanol–water partition coefficient (Wildman–Crippen LogP) is 4.13. The Labute approximate surface area is 232 Å². The van der Waals surface area contributed by atoms with Gasteiger partial charge in [0, 0.05) is 29.2 Å². The number of nitrogens with one attached hydrogen (secondary N) is 3. The SMILES string of the molecule is CC[C@@H](O)[C@@H](O)CNC(=O)[C@@H]1N[C@H](CC(C)(C)C)[C@]2(C(=O)Nc3cc(Cl)c(F)cc32)[C@H]1c1cccc(Cl)c1. The van der Waals surface area contributed by atoms with E-state index in [0.29, 0.717) is 34.7 Å². The fourth-order valence-electron chi connectivity index (χ4n) is 5.86. The smallest absolute Gasteiger partial charge is 0.237 e. The minimum Gasteiger partial charge on any atom is -0.390 e. The average Bonchev–Trinajstić information content (AvgIpc) is 3.31. The van der Waals surface area contributed by atoms with E-state index in [1.54, 1.807) is 31.2 Å². The maximum Gasteiger partial charge on any atom is 0.237 e. The third-order valence-electron chi connectivity index (χ3n) is 7.54. The maximum atomic E-state index is 14.9. The van der Waals surface area contributed by atoms with Crippen LogP contribution in [0.5, 0.6) is 0 Å². The zero-order valence-corrected chi connectivity index (χ0v) is 23.3. The molecule has 5 N–H and O–H groups in total. The summed E-state index contributed by atoms with van der Waals surface area (Å²) in [5.74, 6) is -2.25. The summed E-state index contributed by atoms with van der Waals surface area (Å²) in [6.07, 6.45) is -1.33. The van der Waals surface area contributed by atoms with E-state index >= 15 is 0 Å². The van der Waals surface area contributed by atoms with Crippen molar-refractivity contribution < 1.29 is 24.2 Å². The summed E-state index contributed by atoms with van der Waals surface area (Å²) in [5, 5.41) is 29.6. The zero-order valence-electron chi connectivity index (χ0n) is 21.8. The third-order valence-corrected chi connectivity index (χ3v) is 8.06. The van der Waals surface area contributed by atoms with Crippen molar-refractivity contribution in [2.75, 3.05) is 11.9 Å². The number of carbonyl (C=O) groups excluding carboxylic acids is 2. The molecule has 38 heavy (non-hydrogen) atoms. The molecule has 6 atom stereocenters. The number of hydrogen-bond donors (Lipinski definition) is 5. The van der Waals surface area contributed by atoms with Gasteiger partial charge in [-0.15, -0.1) is 0 Å². The number of amides is 2. The van der Waals surface area contributed by atoms with Crippen LogP contribution in [0.4, 0.5) is 10.1 Å².